The van der Waals surface area contributed by atoms with Crippen LogP contribution < -0.4 is 4.90 Å². The molecule has 3 nitrogen and oxygen atoms in total. The highest BCUT2D eigenvalue weighted by Crippen LogP contribution is 2.42. The first kappa shape index (κ1) is 15.2. The van der Waals surface area contributed by atoms with Crippen LogP contribution in [0.2, 0.25) is 0 Å². The average Bonchev–Trinajstić information content (AvgIpc) is 2.71. The zero-order chi connectivity index (χ0) is 17.5. The lowest BCUT2D eigenvalue weighted by molar-refractivity contribution is 0.0622. The summed E-state index contributed by atoms with van der Waals surface area (Å²) in [4.78, 5) is 17.8. The van der Waals surface area contributed by atoms with Crippen molar-refractivity contribution in [3.8, 4) is 0 Å². The lowest BCUT2D eigenvalue weighted by Crippen LogP contribution is -2.51. The lowest BCUT2D eigenvalue weighted by atomic mass is 9.91. The normalized spacial score (nSPS) is 18.2. The minimum absolute atomic E-state index is 0.0393. The van der Waals surface area contributed by atoms with Gasteiger partial charge in [-0.05, 0) is 35.2 Å². The van der Waals surface area contributed by atoms with E-state index in [1.54, 1.807) is 0 Å². The molecule has 5 rings (SSSR count). The Hall–Kier alpha value is -3.07. The van der Waals surface area contributed by atoms with E-state index in [2.05, 4.69) is 47.4 Å². The van der Waals surface area contributed by atoms with Crippen molar-refractivity contribution in [1.29, 1.82) is 0 Å². The number of benzene rings is 3. The van der Waals surface area contributed by atoms with Crippen LogP contribution in [0.1, 0.15) is 33.2 Å². The number of nitrogens with zero attached hydrogens (tertiary/aromatic N) is 2. The van der Waals surface area contributed by atoms with Gasteiger partial charge < -0.3 is 9.80 Å². The van der Waals surface area contributed by atoms with E-state index in [0.29, 0.717) is 6.54 Å². The maximum Gasteiger partial charge on any atom is 0.258 e. The van der Waals surface area contributed by atoms with Crippen molar-refractivity contribution in [2.24, 2.45) is 0 Å². The van der Waals surface area contributed by atoms with Gasteiger partial charge in [-0.3, -0.25) is 4.79 Å². The van der Waals surface area contributed by atoms with E-state index in [1.807, 2.05) is 41.3 Å². The van der Waals surface area contributed by atoms with Crippen molar-refractivity contribution in [2.45, 2.75) is 19.1 Å². The zero-order valence-electron chi connectivity index (χ0n) is 14.5. The Labute approximate surface area is 153 Å². The molecule has 0 saturated heterocycles. The summed E-state index contributed by atoms with van der Waals surface area (Å²) in [5.74, 6) is 0.113. The molecule has 0 fully saturated rings. The highest BCUT2D eigenvalue weighted by molar-refractivity contribution is 6.02. The van der Waals surface area contributed by atoms with Gasteiger partial charge in [0.05, 0.1) is 11.3 Å². The number of fused-ring (bicyclic) bond motifs is 5. The molecule has 2 aliphatic heterocycles. The standard InChI is InChI=1S/C23H20N2O/c26-23-20-12-6-7-13-21(20)24-15-14-18-10-4-5-11-19(18)22(24)25(23)16-17-8-2-1-3-9-17/h1-13,22H,14-16H2. The van der Waals surface area contributed by atoms with Crippen LogP contribution >= 0.6 is 0 Å². The summed E-state index contributed by atoms with van der Waals surface area (Å²) in [5, 5.41) is 0. The van der Waals surface area contributed by atoms with Gasteiger partial charge in [0.25, 0.3) is 5.91 Å². The van der Waals surface area contributed by atoms with Gasteiger partial charge in [0.15, 0.2) is 0 Å². The van der Waals surface area contributed by atoms with Crippen molar-refractivity contribution in [2.75, 3.05) is 11.4 Å². The van der Waals surface area contributed by atoms with Gasteiger partial charge in [-0.1, -0.05) is 66.7 Å². The SMILES string of the molecule is O=C1c2ccccc2N2CCc3ccccc3C2N1Cc1ccccc1. The number of hydrogen-bond acceptors (Lipinski definition) is 2. The Morgan fingerprint density at radius 3 is 2.46 bits per heavy atom. The third kappa shape index (κ3) is 2.31. The van der Waals surface area contributed by atoms with Crippen LogP contribution in [0.25, 0.3) is 0 Å². The summed E-state index contributed by atoms with van der Waals surface area (Å²) in [7, 11) is 0. The molecule has 26 heavy (non-hydrogen) atoms. The van der Waals surface area contributed by atoms with Gasteiger partial charge in [-0.2, -0.15) is 0 Å². The van der Waals surface area contributed by atoms with Crippen LogP contribution in [0.3, 0.4) is 0 Å². The van der Waals surface area contributed by atoms with E-state index in [0.717, 1.165) is 29.8 Å². The topological polar surface area (TPSA) is 23.6 Å². The molecule has 3 aromatic carbocycles. The third-order valence-electron chi connectivity index (χ3n) is 5.45. The first-order valence-electron chi connectivity index (χ1n) is 9.11. The highest BCUT2D eigenvalue weighted by Gasteiger charge is 2.40. The quantitative estimate of drug-likeness (QED) is 0.690. The van der Waals surface area contributed by atoms with Gasteiger partial charge in [0.1, 0.15) is 6.17 Å². The molecule has 0 saturated carbocycles. The maximum absolute atomic E-state index is 13.4. The maximum atomic E-state index is 13.4. The van der Waals surface area contributed by atoms with E-state index in [-0.39, 0.29) is 12.1 Å². The van der Waals surface area contributed by atoms with Crippen LogP contribution in [0.5, 0.6) is 0 Å². The van der Waals surface area contributed by atoms with Gasteiger partial charge in [0.2, 0.25) is 0 Å². The molecule has 128 valence electrons. The Kier molecular flexibility index (Phi) is 3.52. The van der Waals surface area contributed by atoms with E-state index < -0.39 is 0 Å². The van der Waals surface area contributed by atoms with Crippen molar-refractivity contribution < 1.29 is 4.79 Å². The summed E-state index contributed by atoms with van der Waals surface area (Å²) in [5.41, 5.74) is 5.61. The lowest BCUT2D eigenvalue weighted by Gasteiger charge is -2.48. The molecule has 3 heteroatoms. The van der Waals surface area contributed by atoms with Gasteiger partial charge in [-0.15, -0.1) is 0 Å². The smallest absolute Gasteiger partial charge is 0.258 e. The minimum Gasteiger partial charge on any atom is -0.346 e. The molecular weight excluding hydrogens is 320 g/mol. The first-order valence-corrected chi connectivity index (χ1v) is 9.11. The molecule has 0 radical (unpaired) electrons. The Balaban J connectivity index is 1.66. The number of anilines is 1. The molecule has 0 aromatic heterocycles. The molecule has 1 unspecified atom stereocenters. The first-order chi connectivity index (χ1) is 12.8. The Morgan fingerprint density at radius 2 is 1.58 bits per heavy atom. The van der Waals surface area contributed by atoms with Crippen LogP contribution in [0.4, 0.5) is 5.69 Å². The Bertz CT molecular complexity index is 967. The van der Waals surface area contributed by atoms with Crippen molar-refractivity contribution >= 4 is 11.6 Å². The molecular formula is C23H20N2O. The molecule has 0 N–H and O–H groups in total. The second kappa shape index (κ2) is 6.03. The van der Waals surface area contributed by atoms with E-state index >= 15 is 0 Å². The number of hydrogen-bond donors (Lipinski definition) is 0. The Morgan fingerprint density at radius 1 is 0.846 bits per heavy atom. The average molecular weight is 340 g/mol. The van der Waals surface area contributed by atoms with Crippen molar-refractivity contribution in [1.82, 2.24) is 4.90 Å². The van der Waals surface area contributed by atoms with Gasteiger partial charge in [0, 0.05) is 13.1 Å². The molecule has 2 heterocycles. The predicted octanol–water partition coefficient (Wildman–Crippen LogP) is 4.40. The second-order valence-electron chi connectivity index (χ2n) is 6.95. The number of carbonyl (C=O) groups excluding carboxylic acids is 1. The zero-order valence-corrected chi connectivity index (χ0v) is 14.5. The van der Waals surface area contributed by atoms with Gasteiger partial charge in [-0.25, -0.2) is 0 Å². The fourth-order valence-electron chi connectivity index (χ4n) is 4.24. The molecule has 0 spiro atoms. The predicted molar refractivity (Wildman–Crippen MR) is 103 cm³/mol. The van der Waals surface area contributed by atoms with Crippen LogP contribution in [0, 0.1) is 0 Å². The van der Waals surface area contributed by atoms with Crippen LogP contribution in [0.15, 0.2) is 78.9 Å². The van der Waals surface area contributed by atoms with Gasteiger partial charge >= 0.3 is 0 Å². The van der Waals surface area contributed by atoms with Crippen LogP contribution in [-0.4, -0.2) is 17.4 Å². The van der Waals surface area contributed by atoms with E-state index in [1.165, 1.54) is 11.1 Å². The van der Waals surface area contributed by atoms with Crippen molar-refractivity contribution in [3.05, 3.63) is 101 Å². The summed E-state index contributed by atoms with van der Waals surface area (Å²) in [6, 6.07) is 26.8. The van der Waals surface area contributed by atoms with Crippen LogP contribution in [-0.2, 0) is 13.0 Å². The van der Waals surface area contributed by atoms with Crippen molar-refractivity contribution in [3.63, 3.8) is 0 Å². The molecule has 1 amide bonds. The third-order valence-corrected chi connectivity index (χ3v) is 5.45. The molecule has 3 aromatic rings. The molecule has 1 atom stereocenters. The second-order valence-corrected chi connectivity index (χ2v) is 6.95. The minimum atomic E-state index is -0.0393. The molecule has 0 aliphatic carbocycles. The van der Waals surface area contributed by atoms with E-state index in [4.69, 9.17) is 0 Å². The number of carbonyl (C=O) groups is 1. The monoisotopic (exact) mass is 340 g/mol. The highest BCUT2D eigenvalue weighted by atomic mass is 16.2. The summed E-state index contributed by atoms with van der Waals surface area (Å²) in [6.45, 7) is 1.54. The number of amides is 1. The fourth-order valence-corrected chi connectivity index (χ4v) is 4.24. The number of para-hydroxylation sites is 1. The summed E-state index contributed by atoms with van der Waals surface area (Å²) < 4.78 is 0. The largest absolute Gasteiger partial charge is 0.346 e. The summed E-state index contributed by atoms with van der Waals surface area (Å²) >= 11 is 0. The molecule has 0 bridgehead atoms. The molecule has 2 aliphatic rings. The fraction of sp³-hybridized carbons (Fsp3) is 0.174. The number of rotatable bonds is 2. The van der Waals surface area contributed by atoms with E-state index in [9.17, 15) is 4.79 Å². The summed E-state index contributed by atoms with van der Waals surface area (Å²) in [6.07, 6.45) is 0.969.